The third-order valence-corrected chi connectivity index (χ3v) is 5.13. The van der Waals surface area contributed by atoms with Gasteiger partial charge in [-0.1, -0.05) is 44.2 Å². The predicted molar refractivity (Wildman–Crippen MR) is 117 cm³/mol. The zero-order chi connectivity index (χ0) is 20.6. The highest BCUT2D eigenvalue weighted by Crippen LogP contribution is 2.15. The van der Waals surface area contributed by atoms with E-state index < -0.39 is 0 Å². The van der Waals surface area contributed by atoms with Gasteiger partial charge in [-0.25, -0.2) is 0 Å². The lowest BCUT2D eigenvalue weighted by Gasteiger charge is -2.32. The summed E-state index contributed by atoms with van der Waals surface area (Å²) in [6.07, 6.45) is 0. The number of likely N-dealkylation sites (N-methyl/N-ethyl adjacent to an activating group) is 1. The Kier molecular flexibility index (Phi) is 7.67. The van der Waals surface area contributed by atoms with Gasteiger partial charge in [0, 0.05) is 44.8 Å². The van der Waals surface area contributed by atoms with Crippen LogP contribution in [-0.2, 0) is 13.1 Å². The van der Waals surface area contributed by atoms with Crippen molar-refractivity contribution in [3.8, 4) is 5.75 Å². The van der Waals surface area contributed by atoms with E-state index in [0.29, 0.717) is 24.6 Å². The number of nitrogens with zero attached hydrogens (tertiary/aromatic N) is 2. The van der Waals surface area contributed by atoms with Crippen LogP contribution in [0.4, 0.5) is 0 Å². The highest BCUT2D eigenvalue weighted by Gasteiger charge is 2.14. The molecule has 1 amide bonds. The molecule has 2 aromatic rings. The van der Waals surface area contributed by atoms with Crippen molar-refractivity contribution in [3.63, 3.8) is 0 Å². The van der Waals surface area contributed by atoms with Gasteiger partial charge >= 0.3 is 0 Å². The van der Waals surface area contributed by atoms with Crippen LogP contribution >= 0.6 is 0 Å². The van der Waals surface area contributed by atoms with E-state index in [1.54, 1.807) is 0 Å². The van der Waals surface area contributed by atoms with Gasteiger partial charge in [0.05, 0.1) is 6.61 Å². The highest BCUT2D eigenvalue weighted by atomic mass is 16.5. The fourth-order valence-corrected chi connectivity index (χ4v) is 3.38. The average molecular weight is 396 g/mol. The van der Waals surface area contributed by atoms with Gasteiger partial charge < -0.3 is 15.0 Å². The summed E-state index contributed by atoms with van der Waals surface area (Å²) < 4.78 is 5.73. The fraction of sp³-hybridized carbons (Fsp3) is 0.458. The number of nitrogens with one attached hydrogen (secondary N) is 1. The van der Waals surface area contributed by atoms with Crippen LogP contribution in [0.25, 0.3) is 0 Å². The van der Waals surface area contributed by atoms with Crippen LogP contribution in [0.5, 0.6) is 5.75 Å². The topological polar surface area (TPSA) is 44.8 Å². The first-order valence-electron chi connectivity index (χ1n) is 10.5. The summed E-state index contributed by atoms with van der Waals surface area (Å²) in [4.78, 5) is 17.4. The molecule has 156 valence electrons. The van der Waals surface area contributed by atoms with Crippen LogP contribution in [-0.4, -0.2) is 55.5 Å². The van der Waals surface area contributed by atoms with Crippen LogP contribution < -0.4 is 10.1 Å². The minimum atomic E-state index is -0.0792. The smallest absolute Gasteiger partial charge is 0.251 e. The van der Waals surface area contributed by atoms with Crippen LogP contribution in [0, 0.1) is 5.92 Å². The molecule has 3 rings (SSSR count). The van der Waals surface area contributed by atoms with E-state index in [1.807, 2.05) is 24.3 Å². The molecule has 1 heterocycles. The van der Waals surface area contributed by atoms with E-state index in [0.717, 1.165) is 44.0 Å². The number of piperazine rings is 1. The molecule has 5 heteroatoms. The molecule has 1 aliphatic heterocycles. The average Bonchev–Trinajstić information content (AvgIpc) is 2.73. The lowest BCUT2D eigenvalue weighted by Crippen LogP contribution is -2.43. The van der Waals surface area contributed by atoms with Gasteiger partial charge in [0.2, 0.25) is 0 Å². The number of hydrogen-bond donors (Lipinski definition) is 1. The molecule has 1 N–H and O–H groups in total. The molecule has 0 spiro atoms. The maximum atomic E-state index is 12.6. The van der Waals surface area contributed by atoms with Gasteiger partial charge in [0.15, 0.2) is 0 Å². The van der Waals surface area contributed by atoms with E-state index in [1.165, 1.54) is 5.56 Å². The molecule has 5 nitrogen and oxygen atoms in total. The molecule has 2 aromatic carbocycles. The van der Waals surface area contributed by atoms with Gasteiger partial charge in [-0.05, 0) is 42.3 Å². The highest BCUT2D eigenvalue weighted by molar-refractivity contribution is 5.94. The first kappa shape index (κ1) is 21.3. The molecule has 1 saturated heterocycles. The molecule has 29 heavy (non-hydrogen) atoms. The summed E-state index contributed by atoms with van der Waals surface area (Å²) in [7, 11) is 2.17. The summed E-state index contributed by atoms with van der Waals surface area (Å²) in [6, 6.07) is 15.9. The summed E-state index contributed by atoms with van der Waals surface area (Å²) in [5, 5.41) is 3.03. The number of rotatable bonds is 8. The molecule has 1 aliphatic rings. The second kappa shape index (κ2) is 10.4. The van der Waals surface area contributed by atoms with E-state index in [4.69, 9.17) is 4.74 Å². The molecule has 0 radical (unpaired) electrons. The van der Waals surface area contributed by atoms with Gasteiger partial charge in [-0.2, -0.15) is 0 Å². The third kappa shape index (κ3) is 6.87. The zero-order valence-electron chi connectivity index (χ0n) is 17.9. The van der Waals surface area contributed by atoms with E-state index in [-0.39, 0.29) is 5.91 Å². The zero-order valence-corrected chi connectivity index (χ0v) is 17.9. The Hall–Kier alpha value is -2.37. The first-order valence-corrected chi connectivity index (χ1v) is 10.5. The number of carbonyl (C=O) groups excluding carboxylic acids is 1. The van der Waals surface area contributed by atoms with Gasteiger partial charge in [0.1, 0.15) is 5.75 Å². The van der Waals surface area contributed by atoms with Crippen molar-refractivity contribution in [3.05, 3.63) is 65.2 Å². The second-order valence-corrected chi connectivity index (χ2v) is 8.31. The normalized spacial score (nSPS) is 15.4. The number of amides is 1. The standard InChI is InChI=1S/C24H33N3O2/c1-19(2)18-29-23-9-5-8-22(15-23)24(28)25-16-20-6-4-7-21(14-20)17-27-12-10-26(3)11-13-27/h4-9,14-15,19H,10-13,16-18H2,1-3H3,(H,25,28). The summed E-state index contributed by atoms with van der Waals surface area (Å²) in [5.74, 6) is 1.11. The lowest BCUT2D eigenvalue weighted by atomic mass is 10.1. The SMILES string of the molecule is CC(C)COc1cccc(C(=O)NCc2cccc(CN3CCN(C)CC3)c2)c1. The van der Waals surface area contributed by atoms with Crippen molar-refractivity contribution >= 4 is 5.91 Å². The van der Waals surface area contributed by atoms with Crippen LogP contribution in [0.2, 0.25) is 0 Å². The van der Waals surface area contributed by atoms with Gasteiger partial charge in [-0.3, -0.25) is 9.69 Å². The maximum absolute atomic E-state index is 12.6. The van der Waals surface area contributed by atoms with Crippen molar-refractivity contribution in [2.45, 2.75) is 26.9 Å². The largest absolute Gasteiger partial charge is 0.493 e. The number of benzene rings is 2. The van der Waals surface area contributed by atoms with Gasteiger partial charge in [-0.15, -0.1) is 0 Å². The molecule has 0 unspecified atom stereocenters. The summed E-state index contributed by atoms with van der Waals surface area (Å²) >= 11 is 0. The first-order chi connectivity index (χ1) is 14.0. The van der Waals surface area contributed by atoms with Crippen LogP contribution in [0.3, 0.4) is 0 Å². The van der Waals surface area contributed by atoms with Crippen molar-refractivity contribution in [1.82, 2.24) is 15.1 Å². The molecule has 0 bridgehead atoms. The summed E-state index contributed by atoms with van der Waals surface area (Å²) in [5.41, 5.74) is 3.04. The van der Waals surface area contributed by atoms with Gasteiger partial charge in [0.25, 0.3) is 5.91 Å². The monoisotopic (exact) mass is 395 g/mol. The second-order valence-electron chi connectivity index (χ2n) is 8.31. The molecule has 0 saturated carbocycles. The van der Waals surface area contributed by atoms with E-state index in [2.05, 4.69) is 60.3 Å². The Morgan fingerprint density at radius 3 is 2.52 bits per heavy atom. The fourth-order valence-electron chi connectivity index (χ4n) is 3.38. The Labute approximate surface area is 174 Å². The Balaban J connectivity index is 1.53. The number of carbonyl (C=O) groups is 1. The molecule has 1 fully saturated rings. The molecular weight excluding hydrogens is 362 g/mol. The summed E-state index contributed by atoms with van der Waals surface area (Å²) in [6.45, 7) is 10.8. The van der Waals surface area contributed by atoms with Crippen LogP contribution in [0.15, 0.2) is 48.5 Å². The maximum Gasteiger partial charge on any atom is 0.251 e. The minimum absolute atomic E-state index is 0.0792. The number of hydrogen-bond acceptors (Lipinski definition) is 4. The van der Waals surface area contributed by atoms with E-state index >= 15 is 0 Å². The molecule has 0 atom stereocenters. The molecular formula is C24H33N3O2. The Bertz CT molecular complexity index is 798. The van der Waals surface area contributed by atoms with Crippen molar-refractivity contribution in [1.29, 1.82) is 0 Å². The van der Waals surface area contributed by atoms with Crippen molar-refractivity contribution in [2.75, 3.05) is 39.8 Å². The quantitative estimate of drug-likeness (QED) is 0.744. The van der Waals surface area contributed by atoms with Crippen molar-refractivity contribution < 1.29 is 9.53 Å². The minimum Gasteiger partial charge on any atom is -0.493 e. The third-order valence-electron chi connectivity index (χ3n) is 5.13. The predicted octanol–water partition coefficient (Wildman–Crippen LogP) is 3.40. The van der Waals surface area contributed by atoms with Crippen molar-refractivity contribution in [2.24, 2.45) is 5.92 Å². The Morgan fingerprint density at radius 2 is 1.76 bits per heavy atom. The Morgan fingerprint density at radius 1 is 1.03 bits per heavy atom. The lowest BCUT2D eigenvalue weighted by molar-refractivity contribution is 0.0950. The van der Waals surface area contributed by atoms with Crippen LogP contribution in [0.1, 0.15) is 35.3 Å². The molecule has 0 aliphatic carbocycles. The molecule has 0 aromatic heterocycles. The van der Waals surface area contributed by atoms with E-state index in [9.17, 15) is 4.79 Å². The number of ether oxygens (including phenoxy) is 1.